The summed E-state index contributed by atoms with van der Waals surface area (Å²) in [5, 5.41) is 0. The third-order valence-electron chi connectivity index (χ3n) is 2.72. The highest BCUT2D eigenvalue weighted by atomic mass is 127. The molecule has 0 atom stereocenters. The number of carbonyl (C=O) groups is 3. The number of aldehydes is 1. The van der Waals surface area contributed by atoms with Crippen molar-refractivity contribution in [3.63, 3.8) is 0 Å². The lowest BCUT2D eigenvalue weighted by Crippen LogP contribution is -2.35. The Hall–Kier alpha value is -1.64. The number of hydrogen-bond acceptors (Lipinski definition) is 5. The van der Waals surface area contributed by atoms with Gasteiger partial charge >= 0.3 is 5.97 Å². The minimum Gasteiger partial charge on any atom is -0.466 e. The predicted octanol–water partition coefficient (Wildman–Crippen LogP) is 1.47. The van der Waals surface area contributed by atoms with E-state index in [2.05, 4.69) is 22.6 Å². The van der Waals surface area contributed by atoms with Gasteiger partial charge in [-0.05, 0) is 47.7 Å². The second kappa shape index (κ2) is 8.60. The van der Waals surface area contributed by atoms with Crippen molar-refractivity contribution < 1.29 is 19.1 Å². The Bertz CT molecular complexity index is 534. The fraction of sp³-hybridized carbons (Fsp3) is 0.357. The molecule has 0 saturated heterocycles. The van der Waals surface area contributed by atoms with Crippen LogP contribution in [0.25, 0.3) is 0 Å². The maximum absolute atomic E-state index is 12.4. The van der Waals surface area contributed by atoms with Gasteiger partial charge in [-0.15, -0.1) is 0 Å². The van der Waals surface area contributed by atoms with Crippen molar-refractivity contribution in [1.82, 2.24) is 4.90 Å². The second-order valence-corrected chi connectivity index (χ2v) is 5.45. The first-order valence-corrected chi connectivity index (χ1v) is 7.51. The Kier molecular flexibility index (Phi) is 7.13. The van der Waals surface area contributed by atoms with Crippen LogP contribution in [0.1, 0.15) is 23.7 Å². The number of nitrogens with zero attached hydrogens (tertiary/aromatic N) is 1. The SMILES string of the molecule is CCOC(=O)CCN(CC=O)C(=O)c1ccc(I)cc1N. The van der Waals surface area contributed by atoms with E-state index in [-0.39, 0.29) is 32.0 Å². The third kappa shape index (κ3) is 5.33. The van der Waals surface area contributed by atoms with Gasteiger partial charge in [-0.3, -0.25) is 9.59 Å². The normalized spacial score (nSPS) is 10.0. The number of benzene rings is 1. The summed E-state index contributed by atoms with van der Waals surface area (Å²) in [6, 6.07) is 5.05. The topological polar surface area (TPSA) is 89.7 Å². The van der Waals surface area contributed by atoms with Gasteiger partial charge in [-0.1, -0.05) is 0 Å². The molecule has 0 aliphatic heterocycles. The number of halogens is 1. The van der Waals surface area contributed by atoms with Crippen LogP contribution < -0.4 is 5.73 Å². The van der Waals surface area contributed by atoms with Gasteiger partial charge in [0.25, 0.3) is 5.91 Å². The second-order valence-electron chi connectivity index (χ2n) is 4.20. The molecule has 0 aromatic heterocycles. The van der Waals surface area contributed by atoms with Gasteiger partial charge in [-0.25, -0.2) is 0 Å². The lowest BCUT2D eigenvalue weighted by molar-refractivity contribution is -0.143. The molecule has 21 heavy (non-hydrogen) atoms. The van der Waals surface area contributed by atoms with Crippen LogP contribution in [0.4, 0.5) is 5.69 Å². The number of amides is 1. The van der Waals surface area contributed by atoms with E-state index in [1.807, 2.05) is 0 Å². The van der Waals surface area contributed by atoms with E-state index >= 15 is 0 Å². The molecule has 1 amide bonds. The van der Waals surface area contributed by atoms with Crippen LogP contribution >= 0.6 is 22.6 Å². The maximum Gasteiger partial charge on any atom is 0.307 e. The molecular formula is C14H17IN2O4. The molecule has 0 spiro atoms. The van der Waals surface area contributed by atoms with Crippen LogP contribution in [-0.2, 0) is 14.3 Å². The van der Waals surface area contributed by atoms with Crippen molar-refractivity contribution in [3.8, 4) is 0 Å². The molecule has 6 nitrogen and oxygen atoms in total. The first kappa shape index (κ1) is 17.4. The Morgan fingerprint density at radius 2 is 2.14 bits per heavy atom. The molecule has 114 valence electrons. The van der Waals surface area contributed by atoms with E-state index in [0.717, 1.165) is 3.57 Å². The number of ether oxygens (including phenoxy) is 1. The molecule has 1 aromatic rings. The summed E-state index contributed by atoms with van der Waals surface area (Å²) in [6.45, 7) is 2.01. The average Bonchev–Trinajstić information content (AvgIpc) is 2.43. The van der Waals surface area contributed by atoms with E-state index in [0.29, 0.717) is 17.5 Å². The van der Waals surface area contributed by atoms with Gasteiger partial charge in [0.05, 0.1) is 25.1 Å². The van der Waals surface area contributed by atoms with Crippen LogP contribution in [0.2, 0.25) is 0 Å². The summed E-state index contributed by atoms with van der Waals surface area (Å²) in [5.41, 5.74) is 6.49. The zero-order valence-electron chi connectivity index (χ0n) is 11.7. The molecule has 0 aliphatic carbocycles. The largest absolute Gasteiger partial charge is 0.466 e. The van der Waals surface area contributed by atoms with Crippen LogP contribution in [0.15, 0.2) is 18.2 Å². The molecule has 1 rings (SSSR count). The lowest BCUT2D eigenvalue weighted by atomic mass is 10.1. The van der Waals surface area contributed by atoms with Gasteiger partial charge in [0.1, 0.15) is 6.29 Å². The predicted molar refractivity (Wildman–Crippen MR) is 86.8 cm³/mol. The Balaban J connectivity index is 2.81. The summed E-state index contributed by atoms with van der Waals surface area (Å²) in [5.74, 6) is -0.780. The molecule has 0 bridgehead atoms. The van der Waals surface area contributed by atoms with Gasteiger partial charge in [0, 0.05) is 15.8 Å². The van der Waals surface area contributed by atoms with E-state index in [1.54, 1.807) is 25.1 Å². The van der Waals surface area contributed by atoms with Crippen LogP contribution in [-0.4, -0.2) is 42.8 Å². The molecule has 0 fully saturated rings. The van der Waals surface area contributed by atoms with Gasteiger partial charge in [0.15, 0.2) is 0 Å². The van der Waals surface area contributed by atoms with Crippen LogP contribution in [0.3, 0.4) is 0 Å². The number of carbonyl (C=O) groups excluding carboxylic acids is 3. The molecule has 0 unspecified atom stereocenters. The average molecular weight is 404 g/mol. The van der Waals surface area contributed by atoms with Crippen molar-refractivity contribution in [1.29, 1.82) is 0 Å². The summed E-state index contributed by atoms with van der Waals surface area (Å²) < 4.78 is 5.72. The fourth-order valence-corrected chi connectivity index (χ4v) is 2.24. The van der Waals surface area contributed by atoms with Gasteiger partial charge < -0.3 is 20.2 Å². The number of anilines is 1. The third-order valence-corrected chi connectivity index (χ3v) is 3.39. The highest BCUT2D eigenvalue weighted by molar-refractivity contribution is 14.1. The smallest absolute Gasteiger partial charge is 0.307 e. The monoisotopic (exact) mass is 404 g/mol. The summed E-state index contributed by atoms with van der Waals surface area (Å²) in [7, 11) is 0. The lowest BCUT2D eigenvalue weighted by Gasteiger charge is -2.20. The van der Waals surface area contributed by atoms with Gasteiger partial charge in [0.2, 0.25) is 0 Å². The zero-order chi connectivity index (χ0) is 15.8. The van der Waals surface area contributed by atoms with E-state index < -0.39 is 5.97 Å². The molecule has 0 aliphatic rings. The highest BCUT2D eigenvalue weighted by Crippen LogP contribution is 2.18. The Morgan fingerprint density at radius 3 is 2.71 bits per heavy atom. The van der Waals surface area contributed by atoms with E-state index in [9.17, 15) is 14.4 Å². The number of rotatable bonds is 7. The minimum absolute atomic E-state index is 0.0394. The minimum atomic E-state index is -0.406. The first-order valence-electron chi connectivity index (χ1n) is 6.43. The summed E-state index contributed by atoms with van der Waals surface area (Å²) in [6.07, 6.45) is 0.656. The molecule has 0 heterocycles. The zero-order valence-corrected chi connectivity index (χ0v) is 13.8. The molecule has 2 N–H and O–H groups in total. The van der Waals surface area contributed by atoms with Gasteiger partial charge in [-0.2, -0.15) is 0 Å². The van der Waals surface area contributed by atoms with Crippen molar-refractivity contribution >= 4 is 46.4 Å². The molecule has 0 radical (unpaired) electrons. The summed E-state index contributed by atoms with van der Waals surface area (Å²) >= 11 is 2.09. The quantitative estimate of drug-likeness (QED) is 0.322. The molecular weight excluding hydrogens is 387 g/mol. The standard InChI is InChI=1S/C14H17IN2O4/c1-2-21-13(19)5-6-17(7-8-18)14(20)11-4-3-10(15)9-12(11)16/h3-4,8-9H,2,5-7,16H2,1H3. The van der Waals surface area contributed by atoms with Crippen LogP contribution in [0, 0.1) is 3.57 Å². The van der Waals surface area contributed by atoms with Crippen molar-refractivity contribution in [3.05, 3.63) is 27.3 Å². The number of hydrogen-bond donors (Lipinski definition) is 1. The van der Waals surface area contributed by atoms with Crippen molar-refractivity contribution in [2.45, 2.75) is 13.3 Å². The number of nitrogen functional groups attached to an aromatic ring is 1. The molecule has 7 heteroatoms. The number of nitrogens with two attached hydrogens (primary N) is 1. The highest BCUT2D eigenvalue weighted by Gasteiger charge is 2.19. The Morgan fingerprint density at radius 1 is 1.43 bits per heavy atom. The Labute approximate surface area is 136 Å². The molecule has 1 aromatic carbocycles. The number of esters is 1. The molecule has 0 saturated carbocycles. The summed E-state index contributed by atoms with van der Waals surface area (Å²) in [4.78, 5) is 35.7. The van der Waals surface area contributed by atoms with Crippen LogP contribution in [0.5, 0.6) is 0 Å². The van der Waals surface area contributed by atoms with E-state index in [4.69, 9.17) is 10.5 Å². The maximum atomic E-state index is 12.4. The van der Waals surface area contributed by atoms with Crippen molar-refractivity contribution in [2.75, 3.05) is 25.4 Å². The van der Waals surface area contributed by atoms with E-state index in [1.165, 1.54) is 4.90 Å². The first-order chi connectivity index (χ1) is 9.99. The van der Waals surface area contributed by atoms with Crippen molar-refractivity contribution in [2.24, 2.45) is 0 Å². The fourth-order valence-electron chi connectivity index (χ4n) is 1.72.